The number of aromatic nitrogens is 2. The van der Waals surface area contributed by atoms with Crippen molar-refractivity contribution in [2.45, 2.75) is 52.3 Å². The monoisotopic (exact) mass is 402 g/mol. The number of benzene rings is 2. The molecule has 3 rings (SSSR count). The standard InChI is InChI=1S/C23H25F3N2O/c1-4-7-17(5-2)21-11-10-19(15-22(21)28-13-12-16(3)27-28)18-8-6-9-20(14-18)29-23(24,25)26/h6,8-15,17H,4-5,7H2,1-3H3. The summed E-state index contributed by atoms with van der Waals surface area (Å²) >= 11 is 0. The third kappa shape index (κ3) is 5.19. The summed E-state index contributed by atoms with van der Waals surface area (Å²) in [4.78, 5) is 0. The lowest BCUT2D eigenvalue weighted by Crippen LogP contribution is -2.17. The number of rotatable bonds is 7. The van der Waals surface area contributed by atoms with Gasteiger partial charge in [-0.15, -0.1) is 13.2 Å². The van der Waals surface area contributed by atoms with Crippen molar-refractivity contribution in [3.05, 3.63) is 66.0 Å². The lowest BCUT2D eigenvalue weighted by atomic mass is 9.89. The number of aryl methyl sites for hydroxylation is 1. The normalized spacial score (nSPS) is 12.8. The average molecular weight is 402 g/mol. The van der Waals surface area contributed by atoms with E-state index in [9.17, 15) is 13.2 Å². The molecule has 0 saturated heterocycles. The fourth-order valence-corrected chi connectivity index (χ4v) is 3.62. The van der Waals surface area contributed by atoms with E-state index in [0.717, 1.165) is 36.2 Å². The number of halogens is 3. The summed E-state index contributed by atoms with van der Waals surface area (Å²) in [5, 5.41) is 4.56. The second kappa shape index (κ2) is 8.72. The molecule has 2 aromatic carbocycles. The Morgan fingerprint density at radius 1 is 1.03 bits per heavy atom. The van der Waals surface area contributed by atoms with Crippen molar-refractivity contribution in [3.63, 3.8) is 0 Å². The molecule has 1 heterocycles. The molecule has 0 fully saturated rings. The predicted octanol–water partition coefficient (Wildman–Crippen LogP) is 7.04. The summed E-state index contributed by atoms with van der Waals surface area (Å²) < 4.78 is 43.7. The van der Waals surface area contributed by atoms with Gasteiger partial charge in [0.15, 0.2) is 0 Å². The fraction of sp³-hybridized carbons (Fsp3) is 0.348. The van der Waals surface area contributed by atoms with Crippen LogP contribution < -0.4 is 4.74 Å². The highest BCUT2D eigenvalue weighted by Gasteiger charge is 2.31. The van der Waals surface area contributed by atoms with Gasteiger partial charge in [0.1, 0.15) is 5.75 Å². The zero-order chi connectivity index (χ0) is 21.0. The lowest BCUT2D eigenvalue weighted by molar-refractivity contribution is -0.274. The van der Waals surface area contributed by atoms with Crippen molar-refractivity contribution in [2.24, 2.45) is 0 Å². The van der Waals surface area contributed by atoms with Crippen LogP contribution in [0.25, 0.3) is 16.8 Å². The van der Waals surface area contributed by atoms with Crippen LogP contribution in [-0.4, -0.2) is 16.1 Å². The zero-order valence-electron chi connectivity index (χ0n) is 16.8. The van der Waals surface area contributed by atoms with Crippen LogP contribution in [0.3, 0.4) is 0 Å². The molecule has 6 heteroatoms. The van der Waals surface area contributed by atoms with E-state index in [1.165, 1.54) is 17.7 Å². The minimum atomic E-state index is -4.71. The largest absolute Gasteiger partial charge is 0.573 e. The van der Waals surface area contributed by atoms with E-state index < -0.39 is 6.36 Å². The topological polar surface area (TPSA) is 27.1 Å². The van der Waals surface area contributed by atoms with E-state index in [1.54, 1.807) is 12.1 Å². The average Bonchev–Trinajstić information content (AvgIpc) is 3.11. The molecular formula is C23H25F3N2O. The summed E-state index contributed by atoms with van der Waals surface area (Å²) in [5.41, 5.74) is 4.54. The maximum atomic E-state index is 12.6. The molecule has 1 unspecified atom stereocenters. The maximum Gasteiger partial charge on any atom is 0.573 e. The first-order valence-corrected chi connectivity index (χ1v) is 9.83. The van der Waals surface area contributed by atoms with E-state index >= 15 is 0 Å². The molecular weight excluding hydrogens is 377 g/mol. The minimum Gasteiger partial charge on any atom is -0.406 e. The summed E-state index contributed by atoms with van der Waals surface area (Å²) in [6.45, 7) is 6.27. The number of nitrogens with zero attached hydrogens (tertiary/aromatic N) is 2. The summed E-state index contributed by atoms with van der Waals surface area (Å²) in [6.07, 6.45) is 0.358. The van der Waals surface area contributed by atoms with Crippen LogP contribution in [0.2, 0.25) is 0 Å². The van der Waals surface area contributed by atoms with E-state index in [0.29, 0.717) is 11.5 Å². The van der Waals surface area contributed by atoms with Gasteiger partial charge >= 0.3 is 6.36 Å². The van der Waals surface area contributed by atoms with Crippen molar-refractivity contribution >= 4 is 0 Å². The molecule has 0 aliphatic carbocycles. The van der Waals surface area contributed by atoms with E-state index in [1.807, 2.05) is 36.0 Å². The molecule has 1 atom stereocenters. The van der Waals surface area contributed by atoms with E-state index in [4.69, 9.17) is 0 Å². The molecule has 3 nitrogen and oxygen atoms in total. The Balaban J connectivity index is 2.07. The van der Waals surface area contributed by atoms with Crippen LogP contribution in [0.4, 0.5) is 13.2 Å². The Morgan fingerprint density at radius 3 is 2.41 bits per heavy atom. The van der Waals surface area contributed by atoms with Crippen LogP contribution in [0.5, 0.6) is 5.75 Å². The molecule has 0 amide bonds. The lowest BCUT2D eigenvalue weighted by Gasteiger charge is -2.20. The molecule has 0 aliphatic rings. The van der Waals surface area contributed by atoms with Crippen LogP contribution in [0.15, 0.2) is 54.7 Å². The first kappa shape index (κ1) is 21.0. The second-order valence-electron chi connectivity index (χ2n) is 7.14. The van der Waals surface area contributed by atoms with Crippen LogP contribution >= 0.6 is 0 Å². The minimum absolute atomic E-state index is 0.229. The van der Waals surface area contributed by atoms with Crippen molar-refractivity contribution in [2.75, 3.05) is 0 Å². The Labute approximate surface area is 169 Å². The van der Waals surface area contributed by atoms with Gasteiger partial charge < -0.3 is 4.74 Å². The highest BCUT2D eigenvalue weighted by Crippen LogP contribution is 2.34. The Morgan fingerprint density at radius 2 is 1.79 bits per heavy atom. The molecule has 1 aromatic heterocycles. The maximum absolute atomic E-state index is 12.6. The summed E-state index contributed by atoms with van der Waals surface area (Å²) in [6, 6.07) is 14.0. The SMILES string of the molecule is CCCC(CC)c1ccc(-c2cccc(OC(F)(F)F)c2)cc1-n1ccc(C)n1. The van der Waals surface area contributed by atoms with Crippen molar-refractivity contribution < 1.29 is 17.9 Å². The highest BCUT2D eigenvalue weighted by atomic mass is 19.4. The number of hydrogen-bond donors (Lipinski definition) is 0. The van der Waals surface area contributed by atoms with Gasteiger partial charge in [0.05, 0.1) is 11.4 Å². The third-order valence-corrected chi connectivity index (χ3v) is 4.97. The number of alkyl halides is 3. The first-order valence-electron chi connectivity index (χ1n) is 9.83. The number of ether oxygens (including phenoxy) is 1. The van der Waals surface area contributed by atoms with Crippen LogP contribution in [0, 0.1) is 6.92 Å². The zero-order valence-corrected chi connectivity index (χ0v) is 16.8. The molecule has 0 saturated carbocycles. The molecule has 154 valence electrons. The molecule has 0 radical (unpaired) electrons. The van der Waals surface area contributed by atoms with Gasteiger partial charge in [-0.25, -0.2) is 4.68 Å². The predicted molar refractivity (Wildman–Crippen MR) is 108 cm³/mol. The molecule has 3 aromatic rings. The van der Waals surface area contributed by atoms with Crippen LogP contribution in [0.1, 0.15) is 50.3 Å². The Hall–Kier alpha value is -2.76. The van der Waals surface area contributed by atoms with Gasteiger partial charge in [0.2, 0.25) is 0 Å². The number of hydrogen-bond acceptors (Lipinski definition) is 2. The quantitative estimate of drug-likeness (QED) is 0.424. The molecule has 29 heavy (non-hydrogen) atoms. The van der Waals surface area contributed by atoms with Gasteiger partial charge in [-0.05, 0) is 66.6 Å². The third-order valence-electron chi connectivity index (χ3n) is 4.97. The van der Waals surface area contributed by atoms with Gasteiger partial charge in [-0.3, -0.25) is 0 Å². The van der Waals surface area contributed by atoms with E-state index in [-0.39, 0.29) is 5.75 Å². The highest BCUT2D eigenvalue weighted by molar-refractivity contribution is 5.69. The smallest absolute Gasteiger partial charge is 0.406 e. The van der Waals surface area contributed by atoms with Gasteiger partial charge in [-0.2, -0.15) is 5.10 Å². The van der Waals surface area contributed by atoms with E-state index in [2.05, 4.69) is 29.7 Å². The molecule has 0 bridgehead atoms. The second-order valence-corrected chi connectivity index (χ2v) is 7.14. The Bertz CT molecular complexity index is 963. The van der Waals surface area contributed by atoms with Gasteiger partial charge in [0.25, 0.3) is 0 Å². The molecule has 0 N–H and O–H groups in total. The van der Waals surface area contributed by atoms with Crippen molar-refractivity contribution in [3.8, 4) is 22.6 Å². The van der Waals surface area contributed by atoms with Crippen molar-refractivity contribution in [1.82, 2.24) is 9.78 Å². The van der Waals surface area contributed by atoms with Crippen molar-refractivity contribution in [1.29, 1.82) is 0 Å². The van der Waals surface area contributed by atoms with Gasteiger partial charge in [0, 0.05) is 6.20 Å². The van der Waals surface area contributed by atoms with Gasteiger partial charge in [-0.1, -0.05) is 44.5 Å². The fourth-order valence-electron chi connectivity index (χ4n) is 3.62. The first-order chi connectivity index (χ1) is 13.8. The Kier molecular flexibility index (Phi) is 6.30. The summed E-state index contributed by atoms with van der Waals surface area (Å²) in [5.74, 6) is 0.168. The molecule has 0 spiro atoms. The molecule has 0 aliphatic heterocycles. The summed E-state index contributed by atoms with van der Waals surface area (Å²) in [7, 11) is 0. The van der Waals surface area contributed by atoms with Crippen LogP contribution in [-0.2, 0) is 0 Å².